The highest BCUT2D eigenvalue weighted by molar-refractivity contribution is 9.10. The number of nitrogens with zero attached hydrogens (tertiary/aromatic N) is 1. The molecule has 0 aromatic heterocycles. The molecule has 1 saturated heterocycles. The topological polar surface area (TPSA) is 75.7 Å². The number of benzene rings is 2. The number of ether oxygens (including phenoxy) is 1. The number of hydrogen-bond donors (Lipinski definition) is 1. The van der Waals surface area contributed by atoms with Crippen LogP contribution in [-0.4, -0.2) is 24.5 Å². The number of imide groups is 2. The number of urea groups is 1. The number of carbonyl (C=O) groups excluding carboxylic acids is 3. The molecule has 28 heavy (non-hydrogen) atoms. The number of halogens is 1. The fraction of sp³-hybridized carbons (Fsp3) is 0.190. The molecule has 2 aromatic rings. The molecule has 1 aliphatic heterocycles. The third kappa shape index (κ3) is 3.99. The number of aryl methyl sites for hydroxylation is 2. The van der Waals surface area contributed by atoms with Gasteiger partial charge in [0.1, 0.15) is 11.3 Å². The highest BCUT2D eigenvalue weighted by Crippen LogP contribution is 2.26. The van der Waals surface area contributed by atoms with E-state index in [2.05, 4.69) is 21.2 Å². The Morgan fingerprint density at radius 3 is 2.50 bits per heavy atom. The molecule has 0 spiro atoms. The third-order valence-electron chi connectivity index (χ3n) is 4.37. The molecule has 1 aliphatic rings. The van der Waals surface area contributed by atoms with E-state index in [1.165, 1.54) is 6.08 Å². The molecule has 1 heterocycles. The minimum Gasteiger partial charge on any atom is -0.494 e. The van der Waals surface area contributed by atoms with Crippen LogP contribution in [0.15, 0.2) is 46.4 Å². The van der Waals surface area contributed by atoms with Gasteiger partial charge in [-0.25, -0.2) is 9.69 Å². The van der Waals surface area contributed by atoms with E-state index >= 15 is 0 Å². The molecule has 4 amide bonds. The first-order chi connectivity index (χ1) is 13.3. The first-order valence-electron chi connectivity index (χ1n) is 8.72. The summed E-state index contributed by atoms with van der Waals surface area (Å²) in [6.45, 7) is 6.18. The molecule has 6 nitrogen and oxygen atoms in total. The van der Waals surface area contributed by atoms with Crippen LogP contribution in [0.25, 0.3) is 6.08 Å². The van der Waals surface area contributed by atoms with Crippen LogP contribution in [0.5, 0.6) is 5.75 Å². The summed E-state index contributed by atoms with van der Waals surface area (Å²) in [5, 5.41) is 2.23. The van der Waals surface area contributed by atoms with Gasteiger partial charge in [0.2, 0.25) is 0 Å². The second-order valence-corrected chi connectivity index (χ2v) is 7.30. The number of amides is 4. The number of anilines is 1. The Balaban J connectivity index is 2.02. The summed E-state index contributed by atoms with van der Waals surface area (Å²) >= 11 is 3.39. The number of barbiturate groups is 1. The first kappa shape index (κ1) is 19.8. The number of rotatable bonds is 4. The van der Waals surface area contributed by atoms with Crippen molar-refractivity contribution < 1.29 is 19.1 Å². The summed E-state index contributed by atoms with van der Waals surface area (Å²) < 4.78 is 6.24. The molecule has 0 bridgehead atoms. The molecule has 2 aromatic carbocycles. The predicted octanol–water partition coefficient (Wildman–Crippen LogP) is 4.13. The van der Waals surface area contributed by atoms with Gasteiger partial charge >= 0.3 is 6.03 Å². The smallest absolute Gasteiger partial charge is 0.335 e. The van der Waals surface area contributed by atoms with Crippen LogP contribution < -0.4 is 15.0 Å². The monoisotopic (exact) mass is 442 g/mol. The summed E-state index contributed by atoms with van der Waals surface area (Å²) in [6, 6.07) is 9.75. The van der Waals surface area contributed by atoms with Gasteiger partial charge in [0.15, 0.2) is 0 Å². The second kappa shape index (κ2) is 7.98. The Bertz CT molecular complexity index is 1010. The van der Waals surface area contributed by atoms with Crippen LogP contribution in [0.2, 0.25) is 0 Å². The van der Waals surface area contributed by atoms with Crippen LogP contribution >= 0.6 is 15.9 Å². The molecular weight excluding hydrogens is 424 g/mol. The quantitative estimate of drug-likeness (QED) is 0.570. The molecule has 7 heteroatoms. The Hall–Kier alpha value is -2.93. The van der Waals surface area contributed by atoms with Crippen molar-refractivity contribution in [1.82, 2.24) is 5.32 Å². The minimum absolute atomic E-state index is 0.127. The summed E-state index contributed by atoms with van der Waals surface area (Å²) in [5.74, 6) is -0.794. The van der Waals surface area contributed by atoms with E-state index in [9.17, 15) is 14.4 Å². The maximum absolute atomic E-state index is 13.0. The van der Waals surface area contributed by atoms with Crippen LogP contribution in [0.4, 0.5) is 10.5 Å². The first-order valence-corrected chi connectivity index (χ1v) is 9.51. The van der Waals surface area contributed by atoms with Crippen LogP contribution in [-0.2, 0) is 9.59 Å². The second-order valence-electron chi connectivity index (χ2n) is 6.38. The molecular formula is C21H19BrN2O4. The summed E-state index contributed by atoms with van der Waals surface area (Å²) in [5.41, 5.74) is 2.87. The number of hydrogen-bond acceptors (Lipinski definition) is 4. The average molecular weight is 443 g/mol. The van der Waals surface area contributed by atoms with E-state index in [0.717, 1.165) is 20.5 Å². The Morgan fingerprint density at radius 2 is 1.82 bits per heavy atom. The van der Waals surface area contributed by atoms with Gasteiger partial charge in [-0.1, -0.05) is 22.0 Å². The van der Waals surface area contributed by atoms with Gasteiger partial charge in [-0.05, 0) is 73.9 Å². The number of nitrogens with one attached hydrogen (secondary N) is 1. The molecule has 144 valence electrons. The van der Waals surface area contributed by atoms with Crippen molar-refractivity contribution >= 4 is 45.5 Å². The maximum atomic E-state index is 13.0. The zero-order valence-corrected chi connectivity index (χ0v) is 17.3. The number of carbonyl (C=O) groups is 3. The van der Waals surface area contributed by atoms with Crippen LogP contribution in [0, 0.1) is 13.8 Å². The van der Waals surface area contributed by atoms with Crippen molar-refractivity contribution in [1.29, 1.82) is 0 Å². The van der Waals surface area contributed by atoms with Crippen molar-refractivity contribution in [2.45, 2.75) is 20.8 Å². The lowest BCUT2D eigenvalue weighted by Gasteiger charge is -2.26. The zero-order valence-electron chi connectivity index (χ0n) is 15.7. The molecule has 0 saturated carbocycles. The van der Waals surface area contributed by atoms with Gasteiger partial charge in [0.25, 0.3) is 11.8 Å². The molecule has 1 fully saturated rings. The summed E-state index contributed by atoms with van der Waals surface area (Å²) in [6.07, 6.45) is 1.45. The largest absolute Gasteiger partial charge is 0.494 e. The fourth-order valence-corrected chi connectivity index (χ4v) is 3.33. The highest BCUT2D eigenvalue weighted by Gasteiger charge is 2.36. The van der Waals surface area contributed by atoms with Crippen molar-refractivity contribution in [3.8, 4) is 5.75 Å². The lowest BCUT2D eigenvalue weighted by molar-refractivity contribution is -0.122. The van der Waals surface area contributed by atoms with Crippen LogP contribution in [0.1, 0.15) is 23.6 Å². The maximum Gasteiger partial charge on any atom is 0.335 e. The van der Waals surface area contributed by atoms with Gasteiger partial charge in [-0.2, -0.15) is 0 Å². The van der Waals surface area contributed by atoms with Crippen LogP contribution in [0.3, 0.4) is 0 Å². The third-order valence-corrected chi connectivity index (χ3v) is 4.82. The van der Waals surface area contributed by atoms with Gasteiger partial charge in [0, 0.05) is 4.47 Å². The molecule has 0 aliphatic carbocycles. The van der Waals surface area contributed by atoms with E-state index in [1.54, 1.807) is 30.3 Å². The highest BCUT2D eigenvalue weighted by atomic mass is 79.9. The fourth-order valence-electron chi connectivity index (χ4n) is 2.84. The molecule has 0 unspecified atom stereocenters. The predicted molar refractivity (Wildman–Crippen MR) is 110 cm³/mol. The Morgan fingerprint density at radius 1 is 1.07 bits per heavy atom. The van der Waals surface area contributed by atoms with Gasteiger partial charge < -0.3 is 4.74 Å². The minimum atomic E-state index is -0.764. The van der Waals surface area contributed by atoms with Gasteiger partial charge in [0.05, 0.1) is 12.3 Å². The van der Waals surface area contributed by atoms with Crippen molar-refractivity contribution in [3.63, 3.8) is 0 Å². The van der Waals surface area contributed by atoms with Gasteiger partial charge in [-0.3, -0.25) is 14.9 Å². The van der Waals surface area contributed by atoms with E-state index in [1.807, 2.05) is 26.8 Å². The summed E-state index contributed by atoms with van der Waals surface area (Å²) in [7, 11) is 0. The lowest BCUT2D eigenvalue weighted by Crippen LogP contribution is -2.54. The molecule has 3 rings (SSSR count). The van der Waals surface area contributed by atoms with Gasteiger partial charge in [-0.15, -0.1) is 0 Å². The van der Waals surface area contributed by atoms with E-state index in [0.29, 0.717) is 23.6 Å². The van der Waals surface area contributed by atoms with E-state index in [4.69, 9.17) is 4.74 Å². The van der Waals surface area contributed by atoms with Crippen molar-refractivity contribution in [3.05, 3.63) is 63.1 Å². The SMILES string of the molecule is CCOc1cc(Br)cc(/C=C2\C(=O)NC(=O)N(c3ccc(C)c(C)c3)C2=O)c1. The Kier molecular flexibility index (Phi) is 5.65. The molecule has 0 radical (unpaired) electrons. The Labute approximate surface area is 171 Å². The molecule has 0 atom stereocenters. The standard InChI is InChI=1S/C21H19BrN2O4/c1-4-28-17-9-14(8-15(22)11-17)10-18-19(25)23-21(27)24(20(18)26)16-6-5-12(2)13(3)7-16/h5-11H,4H2,1-3H3,(H,23,25,27)/b18-10+. The van der Waals surface area contributed by atoms with E-state index < -0.39 is 17.8 Å². The molecule has 1 N–H and O–H groups in total. The normalized spacial score (nSPS) is 15.8. The summed E-state index contributed by atoms with van der Waals surface area (Å²) in [4.78, 5) is 38.6. The lowest BCUT2D eigenvalue weighted by atomic mass is 10.0. The van der Waals surface area contributed by atoms with Crippen molar-refractivity contribution in [2.75, 3.05) is 11.5 Å². The average Bonchev–Trinajstić information content (AvgIpc) is 2.61. The zero-order chi connectivity index (χ0) is 20.4. The van der Waals surface area contributed by atoms with Crippen molar-refractivity contribution in [2.24, 2.45) is 0 Å². The van der Waals surface area contributed by atoms with E-state index in [-0.39, 0.29) is 5.57 Å².